The van der Waals surface area contributed by atoms with Crippen molar-refractivity contribution >= 4 is 63.1 Å². The number of hydrogen-bond acceptors (Lipinski definition) is 5. The van der Waals surface area contributed by atoms with Gasteiger partial charge in [-0.1, -0.05) is 12.2 Å². The molecule has 4 unspecified atom stereocenters. The van der Waals surface area contributed by atoms with E-state index in [2.05, 4.69) is 0 Å². The quantitative estimate of drug-likeness (QED) is 0.122. The Morgan fingerprint density at radius 2 is 1.29 bits per heavy atom. The molecule has 2 aromatic rings. The van der Waals surface area contributed by atoms with Crippen LogP contribution in [-0.4, -0.2) is 23.0 Å². The second-order valence-electron chi connectivity index (χ2n) is 8.65. The molecule has 4 atom stereocenters. The van der Waals surface area contributed by atoms with Gasteiger partial charge in [0.15, 0.2) is 5.75 Å². The molecule has 1 fully saturated rings. The average molecular weight is 766 g/mol. The summed E-state index contributed by atoms with van der Waals surface area (Å²) in [5.74, 6) is -8.31. The fourth-order valence-corrected chi connectivity index (χ4v) is 6.58. The van der Waals surface area contributed by atoms with Crippen LogP contribution in [0.1, 0.15) is 27.9 Å². The van der Waals surface area contributed by atoms with E-state index in [-0.39, 0.29) is 29.5 Å². The molecule has 0 aromatic heterocycles. The van der Waals surface area contributed by atoms with Gasteiger partial charge in [0.05, 0.1) is 26.5 Å². The lowest BCUT2D eigenvalue weighted by Gasteiger charge is -2.25. The number of allylic oxidation sites excluding steroid dienone is 2. The Morgan fingerprint density at radius 1 is 0.789 bits per heavy atom. The summed E-state index contributed by atoms with van der Waals surface area (Å²) < 4.78 is 90.5. The molecule has 1 N–H and O–H groups in total. The Kier molecular flexibility index (Phi) is 7.77. The third-order valence-electron chi connectivity index (χ3n) is 6.22. The van der Waals surface area contributed by atoms with Gasteiger partial charge in [-0.15, -0.1) is 0 Å². The fourth-order valence-electron chi connectivity index (χ4n) is 4.63. The van der Waals surface area contributed by atoms with Crippen molar-refractivity contribution in [3.05, 3.63) is 66.3 Å². The molecule has 2 aliphatic carbocycles. The summed E-state index contributed by atoms with van der Waals surface area (Å²) in [4.78, 5) is 37.9. The van der Waals surface area contributed by atoms with Gasteiger partial charge < -0.3 is 14.6 Å². The maximum Gasteiger partial charge on any atom is 0.416 e. The molecule has 2 aliphatic rings. The van der Waals surface area contributed by atoms with Crippen molar-refractivity contribution in [2.45, 2.75) is 18.8 Å². The Labute approximate surface area is 237 Å². The normalized spacial score (nSPS) is 22.4. The SMILES string of the molecule is O=C(O)c1cc(I)cc(I)c1OC(=O)C1C2C=CC(C2)C1C(=O)Oc1cc(C(F)(F)F)cc(C(F)(F)F)c1. The highest BCUT2D eigenvalue weighted by Gasteiger charge is 2.53. The van der Waals surface area contributed by atoms with E-state index >= 15 is 0 Å². The molecule has 0 spiro atoms. The Morgan fingerprint density at radius 3 is 1.76 bits per heavy atom. The number of halogens is 8. The minimum Gasteiger partial charge on any atom is -0.478 e. The topological polar surface area (TPSA) is 89.9 Å². The lowest BCUT2D eigenvalue weighted by Crippen LogP contribution is -2.38. The van der Waals surface area contributed by atoms with Crippen molar-refractivity contribution in [1.29, 1.82) is 0 Å². The number of carbonyl (C=O) groups excluding carboxylic acids is 2. The predicted molar refractivity (Wildman–Crippen MR) is 134 cm³/mol. The molecule has 0 aliphatic heterocycles. The molecule has 0 saturated heterocycles. The number of fused-ring (bicyclic) bond motifs is 2. The maximum absolute atomic E-state index is 13.2. The van der Waals surface area contributed by atoms with E-state index in [9.17, 15) is 45.8 Å². The zero-order valence-electron chi connectivity index (χ0n) is 18.6. The number of carboxylic acids is 1. The maximum atomic E-state index is 13.2. The highest BCUT2D eigenvalue weighted by Crippen LogP contribution is 2.49. The third kappa shape index (κ3) is 5.79. The Balaban J connectivity index is 1.63. The number of alkyl halides is 6. The molecule has 4 rings (SSSR count). The molecular weight excluding hydrogens is 752 g/mol. The van der Waals surface area contributed by atoms with Crippen LogP contribution in [0.4, 0.5) is 26.3 Å². The number of hydrogen-bond donors (Lipinski definition) is 1. The van der Waals surface area contributed by atoms with Crippen LogP contribution in [0.2, 0.25) is 0 Å². The first-order valence-corrected chi connectivity index (χ1v) is 12.9. The van der Waals surface area contributed by atoms with Gasteiger partial charge >= 0.3 is 30.3 Å². The van der Waals surface area contributed by atoms with Crippen molar-refractivity contribution in [1.82, 2.24) is 0 Å². The van der Waals surface area contributed by atoms with Crippen LogP contribution in [0.15, 0.2) is 42.5 Å². The number of esters is 2. The molecule has 0 amide bonds. The standard InChI is InChI=1S/C24H14F6I2O6/c25-23(26,27)11-4-12(24(28,29)30)6-14(5-11)37-21(35)17-9-1-2-10(3-9)18(17)22(36)38-19-15(20(33)34)7-13(31)8-16(19)32/h1-2,4-10,17-18H,3H2,(H,33,34). The van der Waals surface area contributed by atoms with Crippen LogP contribution in [0.5, 0.6) is 11.5 Å². The summed E-state index contributed by atoms with van der Waals surface area (Å²) >= 11 is 3.67. The van der Waals surface area contributed by atoms with Gasteiger partial charge in [0.25, 0.3) is 0 Å². The minimum atomic E-state index is -5.14. The second kappa shape index (κ2) is 10.3. The monoisotopic (exact) mass is 766 g/mol. The summed E-state index contributed by atoms with van der Waals surface area (Å²) in [7, 11) is 0. The summed E-state index contributed by atoms with van der Waals surface area (Å²) in [6.45, 7) is 0. The lowest BCUT2D eigenvalue weighted by atomic mass is 9.83. The minimum absolute atomic E-state index is 0.0968. The molecule has 1 saturated carbocycles. The van der Waals surface area contributed by atoms with E-state index in [1.807, 2.05) is 22.6 Å². The van der Waals surface area contributed by atoms with Crippen molar-refractivity contribution in [3.8, 4) is 11.5 Å². The third-order valence-corrected chi connectivity index (χ3v) is 7.65. The van der Waals surface area contributed by atoms with E-state index in [1.165, 1.54) is 6.07 Å². The molecule has 38 heavy (non-hydrogen) atoms. The molecular formula is C24H14F6I2O6. The summed E-state index contributed by atoms with van der Waals surface area (Å²) in [6, 6.07) is 3.30. The van der Waals surface area contributed by atoms with Crippen LogP contribution in [0.25, 0.3) is 0 Å². The highest BCUT2D eigenvalue weighted by atomic mass is 127. The molecule has 2 aromatic carbocycles. The number of rotatable bonds is 5. The van der Waals surface area contributed by atoms with Crippen LogP contribution < -0.4 is 9.47 Å². The van der Waals surface area contributed by atoms with E-state index in [0.717, 1.165) is 0 Å². The second-order valence-corrected chi connectivity index (χ2v) is 11.1. The molecule has 0 heterocycles. The average Bonchev–Trinajstić information content (AvgIpc) is 3.41. The van der Waals surface area contributed by atoms with Crippen LogP contribution >= 0.6 is 45.2 Å². The number of benzene rings is 2. The lowest BCUT2D eigenvalue weighted by molar-refractivity contribution is -0.151. The van der Waals surface area contributed by atoms with E-state index in [1.54, 1.807) is 40.8 Å². The van der Waals surface area contributed by atoms with Gasteiger partial charge in [-0.25, -0.2) is 4.79 Å². The summed E-state index contributed by atoms with van der Waals surface area (Å²) in [5.41, 5.74) is -3.61. The Bertz CT molecular complexity index is 1320. The van der Waals surface area contributed by atoms with Gasteiger partial charge in [0.2, 0.25) is 0 Å². The van der Waals surface area contributed by atoms with Crippen molar-refractivity contribution < 1.29 is 55.3 Å². The van der Waals surface area contributed by atoms with Gasteiger partial charge in [0.1, 0.15) is 11.3 Å². The zero-order valence-corrected chi connectivity index (χ0v) is 22.9. The predicted octanol–water partition coefficient (Wildman–Crippen LogP) is 6.58. The Hall–Kier alpha value is -2.37. The molecule has 0 radical (unpaired) electrons. The van der Waals surface area contributed by atoms with Gasteiger partial charge in [-0.2, -0.15) is 26.3 Å². The van der Waals surface area contributed by atoms with Gasteiger partial charge in [0, 0.05) is 3.57 Å². The first kappa shape index (κ1) is 28.6. The molecule has 2 bridgehead atoms. The van der Waals surface area contributed by atoms with Gasteiger partial charge in [-0.05, 0) is 93.8 Å². The van der Waals surface area contributed by atoms with Crippen molar-refractivity contribution in [3.63, 3.8) is 0 Å². The molecule has 6 nitrogen and oxygen atoms in total. The molecule has 14 heteroatoms. The van der Waals surface area contributed by atoms with Crippen LogP contribution in [0.3, 0.4) is 0 Å². The van der Waals surface area contributed by atoms with Gasteiger partial charge in [-0.3, -0.25) is 9.59 Å². The zero-order chi connectivity index (χ0) is 28.2. The fraction of sp³-hybridized carbons (Fsp3) is 0.292. The first-order valence-electron chi connectivity index (χ1n) is 10.7. The van der Waals surface area contributed by atoms with E-state index in [4.69, 9.17) is 9.47 Å². The van der Waals surface area contributed by atoms with E-state index < -0.39 is 70.8 Å². The highest BCUT2D eigenvalue weighted by molar-refractivity contribution is 14.1. The van der Waals surface area contributed by atoms with E-state index in [0.29, 0.717) is 13.6 Å². The largest absolute Gasteiger partial charge is 0.478 e. The number of carbonyl (C=O) groups is 3. The first-order chi connectivity index (χ1) is 17.6. The van der Waals surface area contributed by atoms with Crippen LogP contribution in [0, 0.1) is 30.8 Å². The number of aromatic carboxylic acids is 1. The number of carboxylic acid groups (broad SMARTS) is 1. The smallest absolute Gasteiger partial charge is 0.416 e. The van der Waals surface area contributed by atoms with Crippen LogP contribution in [-0.2, 0) is 21.9 Å². The van der Waals surface area contributed by atoms with Crippen molar-refractivity contribution in [2.24, 2.45) is 23.7 Å². The van der Waals surface area contributed by atoms with Crippen molar-refractivity contribution in [2.75, 3.05) is 0 Å². The summed E-state index contributed by atoms with van der Waals surface area (Å²) in [5, 5.41) is 9.52. The summed E-state index contributed by atoms with van der Waals surface area (Å²) in [6.07, 6.45) is -6.72. The molecule has 202 valence electrons. The number of ether oxygens (including phenoxy) is 2.